The molecule has 2 amide bonds. The van der Waals surface area contributed by atoms with E-state index in [9.17, 15) is 9.59 Å². The van der Waals surface area contributed by atoms with Crippen LogP contribution in [0.25, 0.3) is 33.0 Å². The van der Waals surface area contributed by atoms with Crippen molar-refractivity contribution in [2.45, 2.75) is 18.1 Å². The van der Waals surface area contributed by atoms with Crippen LogP contribution in [0.4, 0.5) is 0 Å². The number of hydrogen-bond acceptors (Lipinski definition) is 6. The molecule has 0 bridgehead atoms. The number of benzene rings is 2. The first-order chi connectivity index (χ1) is 17.5. The van der Waals surface area contributed by atoms with E-state index < -0.39 is 0 Å². The standard InChI is InChI=1S/C26H23N7O2S/c1-31-14-18(16-8-3-5-10-20(16)31)22-23(25(35)27-24(22)34)19-15-33(21-11-6-4-9-17(19)21)12-7-13-36-26-28-29-30-32(26)2/h3-6,8-11,14-15H,7,12-13H2,1-2H3,(H,27,34,35). The molecule has 0 fully saturated rings. The number of carbonyl (C=O) groups excluding carboxylic acids is 2. The van der Waals surface area contributed by atoms with Crippen LogP contribution in [0.3, 0.4) is 0 Å². The molecule has 0 atom stereocenters. The average Bonchev–Trinajstić information content (AvgIpc) is 3.61. The van der Waals surface area contributed by atoms with E-state index in [2.05, 4.69) is 25.4 Å². The summed E-state index contributed by atoms with van der Waals surface area (Å²) in [4.78, 5) is 26.2. The number of hydrogen-bond donors (Lipinski definition) is 1. The summed E-state index contributed by atoms with van der Waals surface area (Å²) in [5, 5.41) is 16.8. The second-order valence-electron chi connectivity index (χ2n) is 8.74. The molecule has 0 radical (unpaired) electrons. The lowest BCUT2D eigenvalue weighted by Crippen LogP contribution is -2.22. The summed E-state index contributed by atoms with van der Waals surface area (Å²) in [6.45, 7) is 0.755. The Balaban J connectivity index is 1.41. The van der Waals surface area contributed by atoms with Gasteiger partial charge in [0.25, 0.3) is 11.8 Å². The molecule has 4 heterocycles. The highest BCUT2D eigenvalue weighted by Crippen LogP contribution is 2.38. The minimum Gasteiger partial charge on any atom is -0.350 e. The Morgan fingerprint density at radius 3 is 2.19 bits per heavy atom. The Morgan fingerprint density at radius 2 is 1.50 bits per heavy atom. The van der Waals surface area contributed by atoms with E-state index in [-0.39, 0.29) is 11.8 Å². The number of aryl methyl sites for hydroxylation is 3. The summed E-state index contributed by atoms with van der Waals surface area (Å²) in [5.41, 5.74) is 4.40. The molecule has 1 aliphatic rings. The van der Waals surface area contributed by atoms with Crippen LogP contribution in [0.2, 0.25) is 0 Å². The van der Waals surface area contributed by atoms with E-state index in [0.717, 1.165) is 56.8 Å². The zero-order valence-corrected chi connectivity index (χ0v) is 20.6. The van der Waals surface area contributed by atoms with Gasteiger partial charge < -0.3 is 9.13 Å². The number of thioether (sulfide) groups is 1. The van der Waals surface area contributed by atoms with Gasteiger partial charge >= 0.3 is 0 Å². The molecular formula is C26H23N7O2S. The molecule has 2 aromatic carbocycles. The van der Waals surface area contributed by atoms with Crippen molar-refractivity contribution >= 4 is 56.5 Å². The molecule has 180 valence electrons. The van der Waals surface area contributed by atoms with Crippen LogP contribution >= 0.6 is 11.8 Å². The van der Waals surface area contributed by atoms with Gasteiger partial charge in [-0.05, 0) is 29.0 Å². The van der Waals surface area contributed by atoms with Crippen LogP contribution in [0.5, 0.6) is 0 Å². The van der Waals surface area contributed by atoms with Crippen LogP contribution < -0.4 is 5.32 Å². The van der Waals surface area contributed by atoms with Crippen molar-refractivity contribution in [3.63, 3.8) is 0 Å². The largest absolute Gasteiger partial charge is 0.350 e. The normalized spacial score (nSPS) is 13.9. The molecule has 36 heavy (non-hydrogen) atoms. The Labute approximate surface area is 210 Å². The number of imide groups is 1. The van der Waals surface area contributed by atoms with Crippen LogP contribution in [0, 0.1) is 0 Å². The topological polar surface area (TPSA) is 99.6 Å². The average molecular weight is 498 g/mol. The van der Waals surface area contributed by atoms with E-state index in [1.807, 2.05) is 79.6 Å². The lowest BCUT2D eigenvalue weighted by Gasteiger charge is -2.04. The Hall–Kier alpha value is -4.18. The molecule has 5 aromatic rings. The monoisotopic (exact) mass is 497 g/mol. The number of rotatable bonds is 7. The summed E-state index contributed by atoms with van der Waals surface area (Å²) < 4.78 is 5.80. The fraction of sp³-hybridized carbons (Fsp3) is 0.192. The summed E-state index contributed by atoms with van der Waals surface area (Å²) in [7, 11) is 3.77. The Kier molecular flexibility index (Phi) is 5.45. The number of nitrogens with one attached hydrogen (secondary N) is 1. The summed E-state index contributed by atoms with van der Waals surface area (Å²) >= 11 is 1.61. The predicted octanol–water partition coefficient (Wildman–Crippen LogP) is 3.41. The van der Waals surface area contributed by atoms with Crippen molar-refractivity contribution in [2.24, 2.45) is 14.1 Å². The molecule has 0 aliphatic carbocycles. The van der Waals surface area contributed by atoms with Gasteiger partial charge in [0.2, 0.25) is 5.16 Å². The van der Waals surface area contributed by atoms with Gasteiger partial charge in [0, 0.05) is 71.7 Å². The highest BCUT2D eigenvalue weighted by molar-refractivity contribution is 7.99. The van der Waals surface area contributed by atoms with E-state index in [4.69, 9.17) is 0 Å². The number of fused-ring (bicyclic) bond motifs is 2. The fourth-order valence-corrected chi connectivity index (χ4v) is 5.66. The van der Waals surface area contributed by atoms with Crippen LogP contribution in [0.1, 0.15) is 17.5 Å². The minimum absolute atomic E-state index is 0.364. The fourth-order valence-electron chi connectivity index (χ4n) is 4.88. The van der Waals surface area contributed by atoms with Crippen molar-refractivity contribution in [2.75, 3.05) is 5.75 Å². The van der Waals surface area contributed by atoms with E-state index in [1.165, 1.54) is 0 Å². The number of para-hydroxylation sites is 2. The first-order valence-electron chi connectivity index (χ1n) is 11.6. The Morgan fingerprint density at radius 1 is 0.861 bits per heavy atom. The van der Waals surface area contributed by atoms with Gasteiger partial charge in [-0.25, -0.2) is 4.68 Å². The molecule has 9 nitrogen and oxygen atoms in total. The zero-order valence-electron chi connectivity index (χ0n) is 19.8. The molecule has 0 saturated carbocycles. The van der Waals surface area contributed by atoms with Crippen LogP contribution in [-0.2, 0) is 30.2 Å². The highest BCUT2D eigenvalue weighted by atomic mass is 32.2. The molecule has 0 saturated heterocycles. The number of aromatic nitrogens is 6. The molecule has 10 heteroatoms. The van der Waals surface area contributed by atoms with Gasteiger partial charge in [-0.2, -0.15) is 0 Å². The van der Waals surface area contributed by atoms with E-state index in [1.54, 1.807) is 16.4 Å². The second kappa shape index (κ2) is 8.80. The first-order valence-corrected chi connectivity index (χ1v) is 12.6. The third-order valence-electron chi connectivity index (χ3n) is 6.51. The first kappa shape index (κ1) is 22.3. The lowest BCUT2D eigenvalue weighted by molar-refractivity contribution is -0.122. The Bertz CT molecular complexity index is 1690. The van der Waals surface area contributed by atoms with Crippen molar-refractivity contribution < 1.29 is 9.59 Å². The number of carbonyl (C=O) groups is 2. The van der Waals surface area contributed by atoms with Crippen molar-refractivity contribution in [3.8, 4) is 0 Å². The number of nitrogens with zero attached hydrogens (tertiary/aromatic N) is 6. The van der Waals surface area contributed by atoms with Gasteiger partial charge in [-0.15, -0.1) is 5.10 Å². The minimum atomic E-state index is -0.365. The molecule has 0 spiro atoms. The van der Waals surface area contributed by atoms with Crippen molar-refractivity contribution in [1.29, 1.82) is 0 Å². The van der Waals surface area contributed by atoms with E-state index in [0.29, 0.717) is 11.1 Å². The third kappa shape index (κ3) is 3.61. The second-order valence-corrected chi connectivity index (χ2v) is 9.81. The number of amides is 2. The van der Waals surface area contributed by atoms with Crippen LogP contribution in [0.15, 0.2) is 66.1 Å². The quantitative estimate of drug-likeness (QED) is 0.210. The smallest absolute Gasteiger partial charge is 0.259 e. The van der Waals surface area contributed by atoms with Crippen LogP contribution in [-0.4, -0.2) is 46.9 Å². The number of tetrazole rings is 1. The molecule has 1 aliphatic heterocycles. The predicted molar refractivity (Wildman–Crippen MR) is 139 cm³/mol. The highest BCUT2D eigenvalue weighted by Gasteiger charge is 2.35. The molecule has 1 N–H and O–H groups in total. The summed E-state index contributed by atoms with van der Waals surface area (Å²) in [6.07, 6.45) is 4.81. The van der Waals surface area contributed by atoms with Crippen molar-refractivity contribution in [1.82, 2.24) is 34.7 Å². The zero-order chi connectivity index (χ0) is 24.8. The molecule has 3 aromatic heterocycles. The van der Waals surface area contributed by atoms with Gasteiger partial charge in [-0.3, -0.25) is 14.9 Å². The molecular weight excluding hydrogens is 474 g/mol. The third-order valence-corrected chi connectivity index (χ3v) is 7.61. The lowest BCUT2D eigenvalue weighted by atomic mass is 9.95. The molecule has 0 unspecified atom stereocenters. The SMILES string of the molecule is Cn1nnnc1SCCCn1cc(C2=C(c3cn(C)c4ccccc34)C(=O)NC2=O)c2ccccc21. The van der Waals surface area contributed by atoms with Gasteiger partial charge in [0.1, 0.15) is 0 Å². The maximum absolute atomic E-state index is 13.2. The van der Waals surface area contributed by atoms with Crippen molar-refractivity contribution in [3.05, 3.63) is 72.1 Å². The summed E-state index contributed by atoms with van der Waals surface area (Å²) in [5.74, 6) is 0.118. The maximum atomic E-state index is 13.2. The maximum Gasteiger partial charge on any atom is 0.259 e. The summed E-state index contributed by atoms with van der Waals surface area (Å²) in [6, 6.07) is 15.9. The van der Waals surface area contributed by atoms with Gasteiger partial charge in [0.15, 0.2) is 0 Å². The van der Waals surface area contributed by atoms with Gasteiger partial charge in [-0.1, -0.05) is 48.2 Å². The molecule has 6 rings (SSSR count). The van der Waals surface area contributed by atoms with E-state index >= 15 is 0 Å². The van der Waals surface area contributed by atoms with Gasteiger partial charge in [0.05, 0.1) is 11.1 Å².